The molecule has 9 heteroatoms. The molecule has 1 aliphatic heterocycles. The zero-order chi connectivity index (χ0) is 17.5. The molecule has 0 spiro atoms. The van der Waals surface area contributed by atoms with Gasteiger partial charge in [-0.25, -0.2) is 13.4 Å². The average Bonchev–Trinajstić information content (AvgIpc) is 2.94. The first kappa shape index (κ1) is 19.7. The number of hydrogen-bond donors (Lipinski definition) is 1. The van der Waals surface area contributed by atoms with Crippen LogP contribution < -0.4 is 5.73 Å². The van der Waals surface area contributed by atoms with Gasteiger partial charge in [0.25, 0.3) is 5.91 Å². The van der Waals surface area contributed by atoms with Crippen molar-refractivity contribution >= 4 is 33.7 Å². The van der Waals surface area contributed by atoms with Gasteiger partial charge in [-0.2, -0.15) is 0 Å². The predicted molar refractivity (Wildman–Crippen MR) is 97.8 cm³/mol. The van der Waals surface area contributed by atoms with Crippen molar-refractivity contribution in [1.29, 1.82) is 0 Å². The first-order valence-electron chi connectivity index (χ1n) is 8.01. The Morgan fingerprint density at radius 3 is 2.76 bits per heavy atom. The summed E-state index contributed by atoms with van der Waals surface area (Å²) in [6, 6.07) is 5.21. The molecule has 1 aliphatic rings. The molecule has 2 atom stereocenters. The van der Waals surface area contributed by atoms with E-state index in [-0.39, 0.29) is 41.1 Å². The lowest BCUT2D eigenvalue weighted by atomic mass is 9.92. The lowest BCUT2D eigenvalue weighted by Crippen LogP contribution is -2.45. The number of nitrogens with two attached hydrogens (primary N) is 1. The highest BCUT2D eigenvalue weighted by Gasteiger charge is 2.30. The Kier molecular flexibility index (Phi) is 5.75. The van der Waals surface area contributed by atoms with Crippen molar-refractivity contribution in [2.24, 2.45) is 11.7 Å². The van der Waals surface area contributed by atoms with Crippen molar-refractivity contribution in [1.82, 2.24) is 14.3 Å². The molecule has 3 heterocycles. The number of fused-ring (bicyclic) bond motifs is 1. The highest BCUT2D eigenvalue weighted by molar-refractivity contribution is 7.90. The van der Waals surface area contributed by atoms with Crippen molar-refractivity contribution < 1.29 is 13.2 Å². The number of amides is 1. The third kappa shape index (κ3) is 3.80. The molecule has 138 valence electrons. The molecule has 1 fully saturated rings. The quantitative estimate of drug-likeness (QED) is 0.858. The SMILES string of the molecule is CC(N)C1CCCN(C(=O)c2nc(S(C)(=O)=O)n3ccccc23)C1.Cl. The second-order valence-corrected chi connectivity index (χ2v) is 8.39. The third-order valence-electron chi connectivity index (χ3n) is 4.54. The fourth-order valence-corrected chi connectivity index (χ4v) is 3.98. The summed E-state index contributed by atoms with van der Waals surface area (Å²) < 4.78 is 25.4. The molecule has 2 unspecified atom stereocenters. The van der Waals surface area contributed by atoms with Crippen LogP contribution in [0.3, 0.4) is 0 Å². The molecule has 2 aromatic heterocycles. The van der Waals surface area contributed by atoms with E-state index in [1.54, 1.807) is 29.3 Å². The van der Waals surface area contributed by atoms with Crippen LogP contribution in [0.1, 0.15) is 30.3 Å². The smallest absolute Gasteiger partial charge is 0.274 e. The van der Waals surface area contributed by atoms with Gasteiger partial charge in [0.05, 0.1) is 5.52 Å². The zero-order valence-corrected chi connectivity index (χ0v) is 15.9. The fourth-order valence-electron chi connectivity index (χ4n) is 3.20. The normalized spacial score (nSPS) is 19.5. The van der Waals surface area contributed by atoms with Gasteiger partial charge in [0, 0.05) is 31.6 Å². The molecule has 0 aliphatic carbocycles. The standard InChI is InChI=1S/C16H22N4O3S.ClH/c1-11(17)12-6-5-8-19(10-12)15(21)14-13-7-3-4-9-20(13)16(18-14)24(2,22)23;/h3-4,7,9,11-12H,5-6,8,10,17H2,1-2H3;1H. The van der Waals surface area contributed by atoms with Crippen molar-refractivity contribution in [2.75, 3.05) is 19.3 Å². The molecule has 0 saturated carbocycles. The van der Waals surface area contributed by atoms with Crippen LogP contribution in [0.5, 0.6) is 0 Å². The highest BCUT2D eigenvalue weighted by Crippen LogP contribution is 2.23. The van der Waals surface area contributed by atoms with Gasteiger partial charge in [-0.15, -0.1) is 12.4 Å². The monoisotopic (exact) mass is 386 g/mol. The number of nitrogens with zero attached hydrogens (tertiary/aromatic N) is 3. The second-order valence-electron chi connectivity index (χ2n) is 6.48. The zero-order valence-electron chi connectivity index (χ0n) is 14.3. The maximum atomic E-state index is 12.9. The van der Waals surface area contributed by atoms with Crippen molar-refractivity contribution in [2.45, 2.75) is 31.0 Å². The topological polar surface area (TPSA) is 97.8 Å². The molecule has 2 aromatic rings. The first-order chi connectivity index (χ1) is 11.3. The van der Waals surface area contributed by atoms with E-state index < -0.39 is 9.84 Å². The summed E-state index contributed by atoms with van der Waals surface area (Å²) in [4.78, 5) is 18.8. The number of imidazole rings is 1. The van der Waals surface area contributed by atoms with E-state index >= 15 is 0 Å². The van der Waals surface area contributed by atoms with Crippen LogP contribution in [0.25, 0.3) is 5.52 Å². The maximum absolute atomic E-state index is 12.9. The number of aromatic nitrogens is 2. The molecule has 2 N–H and O–H groups in total. The van der Waals surface area contributed by atoms with Crippen molar-refractivity contribution in [3.05, 3.63) is 30.1 Å². The van der Waals surface area contributed by atoms with E-state index in [1.165, 1.54) is 4.40 Å². The maximum Gasteiger partial charge on any atom is 0.274 e. The van der Waals surface area contributed by atoms with Gasteiger partial charge < -0.3 is 10.6 Å². The van der Waals surface area contributed by atoms with Crippen LogP contribution >= 0.6 is 12.4 Å². The molecule has 0 bridgehead atoms. The summed E-state index contributed by atoms with van der Waals surface area (Å²) in [5.41, 5.74) is 6.67. The number of hydrogen-bond acceptors (Lipinski definition) is 5. The predicted octanol–water partition coefficient (Wildman–Crippen LogP) is 1.36. The summed E-state index contributed by atoms with van der Waals surface area (Å²) in [5, 5.41) is -0.109. The summed E-state index contributed by atoms with van der Waals surface area (Å²) in [7, 11) is -3.54. The van der Waals surface area contributed by atoms with Gasteiger partial charge in [-0.3, -0.25) is 9.20 Å². The van der Waals surface area contributed by atoms with Crippen molar-refractivity contribution in [3.63, 3.8) is 0 Å². The average molecular weight is 387 g/mol. The van der Waals surface area contributed by atoms with Gasteiger partial charge in [0.15, 0.2) is 5.69 Å². The molecular weight excluding hydrogens is 364 g/mol. The van der Waals surface area contributed by atoms with E-state index in [1.807, 2.05) is 6.92 Å². The first-order valence-corrected chi connectivity index (χ1v) is 9.90. The molecule has 25 heavy (non-hydrogen) atoms. The Bertz CT molecular complexity index is 879. The number of carbonyl (C=O) groups excluding carboxylic acids is 1. The number of rotatable bonds is 3. The Balaban J connectivity index is 0.00000225. The fraction of sp³-hybridized carbons (Fsp3) is 0.500. The van der Waals surface area contributed by atoms with E-state index in [2.05, 4.69) is 4.98 Å². The van der Waals surface area contributed by atoms with E-state index in [4.69, 9.17) is 5.73 Å². The van der Waals surface area contributed by atoms with E-state index in [9.17, 15) is 13.2 Å². The second kappa shape index (κ2) is 7.31. The van der Waals surface area contributed by atoms with Gasteiger partial charge in [0.1, 0.15) is 0 Å². The minimum Gasteiger partial charge on any atom is -0.337 e. The number of pyridine rings is 1. The Morgan fingerprint density at radius 2 is 2.12 bits per heavy atom. The molecule has 7 nitrogen and oxygen atoms in total. The van der Waals surface area contributed by atoms with Crippen LogP contribution in [0.15, 0.2) is 29.6 Å². The van der Waals surface area contributed by atoms with Crippen LogP contribution in [-0.4, -0.2) is 54.0 Å². The largest absolute Gasteiger partial charge is 0.337 e. The summed E-state index contributed by atoms with van der Waals surface area (Å²) in [6.45, 7) is 3.17. The molecule has 0 aromatic carbocycles. The third-order valence-corrected chi connectivity index (χ3v) is 5.49. The number of piperidine rings is 1. The number of halogens is 1. The van der Waals surface area contributed by atoms with Crippen LogP contribution in [0.2, 0.25) is 0 Å². The van der Waals surface area contributed by atoms with Crippen molar-refractivity contribution in [3.8, 4) is 0 Å². The van der Waals surface area contributed by atoms with Gasteiger partial charge >= 0.3 is 0 Å². The lowest BCUT2D eigenvalue weighted by Gasteiger charge is -2.34. The number of carbonyl (C=O) groups is 1. The Labute approximate surface area is 153 Å². The molecule has 3 rings (SSSR count). The Morgan fingerprint density at radius 1 is 1.40 bits per heavy atom. The van der Waals surface area contributed by atoms with Crippen LogP contribution in [0, 0.1) is 5.92 Å². The van der Waals surface area contributed by atoms with Crippen LogP contribution in [0.4, 0.5) is 0 Å². The molecular formula is C16H23ClN4O3S. The summed E-state index contributed by atoms with van der Waals surface area (Å²) in [5.74, 6) is 0.0184. The minimum absolute atomic E-state index is 0. The summed E-state index contributed by atoms with van der Waals surface area (Å²) >= 11 is 0. The highest BCUT2D eigenvalue weighted by atomic mass is 35.5. The van der Waals surface area contributed by atoms with E-state index in [0.717, 1.165) is 19.1 Å². The number of likely N-dealkylation sites (tertiary alicyclic amines) is 1. The molecule has 1 saturated heterocycles. The van der Waals surface area contributed by atoms with Gasteiger partial charge in [0.2, 0.25) is 15.0 Å². The van der Waals surface area contributed by atoms with Crippen LogP contribution in [-0.2, 0) is 9.84 Å². The van der Waals surface area contributed by atoms with Gasteiger partial charge in [-0.05, 0) is 37.8 Å². The summed E-state index contributed by atoms with van der Waals surface area (Å²) in [6.07, 6.45) is 4.59. The molecule has 0 radical (unpaired) electrons. The van der Waals surface area contributed by atoms with Gasteiger partial charge in [-0.1, -0.05) is 6.07 Å². The minimum atomic E-state index is -3.54. The molecule has 1 amide bonds. The van der Waals surface area contributed by atoms with E-state index in [0.29, 0.717) is 18.6 Å². The number of sulfone groups is 1. The lowest BCUT2D eigenvalue weighted by molar-refractivity contribution is 0.0657. The Hall–Kier alpha value is -1.64.